The molecule has 1 aliphatic heterocycles. The highest BCUT2D eigenvalue weighted by Crippen LogP contribution is 2.35. The molecule has 0 unspecified atom stereocenters. The van der Waals surface area contributed by atoms with Crippen molar-refractivity contribution < 1.29 is 31.7 Å². The monoisotopic (exact) mass is 587 g/mol. The van der Waals surface area contributed by atoms with Gasteiger partial charge >= 0.3 is 5.69 Å². The molecule has 0 saturated carbocycles. The van der Waals surface area contributed by atoms with Crippen LogP contribution >= 0.6 is 0 Å². The van der Waals surface area contributed by atoms with Crippen LogP contribution in [0.5, 0.6) is 0 Å². The number of aryl methyl sites for hydroxylation is 4. The molecule has 0 spiro atoms. The van der Waals surface area contributed by atoms with Crippen molar-refractivity contribution in [2.45, 2.75) is 40.2 Å². The van der Waals surface area contributed by atoms with Crippen LogP contribution in [0, 0.1) is 53.7 Å². The third kappa shape index (κ3) is 6.40. The fourth-order valence-electron chi connectivity index (χ4n) is 4.69. The van der Waals surface area contributed by atoms with Gasteiger partial charge in [-0.3, -0.25) is 20.2 Å². The van der Waals surface area contributed by atoms with E-state index in [1.165, 1.54) is 18.2 Å². The maximum Gasteiger partial charge on any atom is 0.305 e. The van der Waals surface area contributed by atoms with Gasteiger partial charge in [0.25, 0.3) is 5.69 Å². The van der Waals surface area contributed by atoms with E-state index in [9.17, 15) is 33.0 Å². The minimum absolute atomic E-state index is 0.00419. The number of nitro groups is 2. The lowest BCUT2D eigenvalue weighted by Gasteiger charge is -2.13. The molecule has 1 fully saturated rings. The molecule has 0 amide bonds. The Labute approximate surface area is 233 Å². The predicted molar refractivity (Wildman–Crippen MR) is 147 cm³/mol. The van der Waals surface area contributed by atoms with Gasteiger partial charge in [0, 0.05) is 29.3 Å². The maximum atomic E-state index is 13.2. The number of aromatic nitrogens is 2. The van der Waals surface area contributed by atoms with Crippen LogP contribution in [0.2, 0.25) is 0 Å². The molecule has 4 aromatic rings. The van der Waals surface area contributed by atoms with Crippen molar-refractivity contribution in [3.63, 3.8) is 0 Å². The van der Waals surface area contributed by atoms with Gasteiger partial charge in [-0.15, -0.1) is 0 Å². The lowest BCUT2D eigenvalue weighted by atomic mass is 10.0. The molecule has 2 aromatic carbocycles. The van der Waals surface area contributed by atoms with Crippen molar-refractivity contribution >= 4 is 26.9 Å². The molecule has 1 atom stereocenters. The van der Waals surface area contributed by atoms with Gasteiger partial charge in [-0.05, 0) is 57.4 Å². The Morgan fingerprint density at radius 3 is 1.83 bits per heavy atom. The number of anilines is 1. The Balaban J connectivity index is 0.000000201. The average molecular weight is 588 g/mol. The lowest BCUT2D eigenvalue weighted by molar-refractivity contribution is -0.387. The van der Waals surface area contributed by atoms with Gasteiger partial charge in [0.05, 0.1) is 32.7 Å². The van der Waals surface area contributed by atoms with Crippen molar-refractivity contribution in [1.82, 2.24) is 10.3 Å². The van der Waals surface area contributed by atoms with Crippen LogP contribution in [0.1, 0.15) is 29.3 Å². The number of halogens is 1. The summed E-state index contributed by atoms with van der Waals surface area (Å²) in [7, 11) is -3.06. The zero-order valence-corrected chi connectivity index (χ0v) is 23.3. The highest BCUT2D eigenvalue weighted by Gasteiger charge is 2.29. The van der Waals surface area contributed by atoms with Crippen LogP contribution in [-0.4, -0.2) is 46.1 Å². The number of hydrogen-bond acceptors (Lipinski definition) is 11. The van der Waals surface area contributed by atoms with E-state index >= 15 is 0 Å². The summed E-state index contributed by atoms with van der Waals surface area (Å²) in [6.45, 7) is 6.94. The topological polar surface area (TPSA) is 185 Å². The molecule has 1 N–H and O–H groups in total. The van der Waals surface area contributed by atoms with Crippen LogP contribution in [0.3, 0.4) is 0 Å². The SMILES string of the molecule is Cc1noc(C)c1-c1ccc(F)c([N+](=O)[O-])c1.Cc1noc(C)c1-c1ccc(N[C@@H]2CCS(=O)(=O)C2)c([N+](=O)[O-])c1. The second-order valence-electron chi connectivity index (χ2n) is 9.55. The summed E-state index contributed by atoms with van der Waals surface area (Å²) in [5.41, 5.74) is 3.49. The molecule has 2 aromatic heterocycles. The lowest BCUT2D eigenvalue weighted by Crippen LogP contribution is -2.21. The fraction of sp³-hybridized carbons (Fsp3) is 0.308. The van der Waals surface area contributed by atoms with Crippen molar-refractivity contribution in [3.05, 3.63) is 85.4 Å². The standard InChI is InChI=1S/C15H17N3O5S.C11H9FN2O3/c1-9-15(10(2)23-17-9)11-3-4-13(14(7-11)18(19)20)16-12-5-6-24(21,22)8-12;1-6-11(7(2)17-13-6)8-3-4-9(12)10(5-8)14(15)16/h3-4,7,12,16H,5-6,8H2,1-2H3;3-5H,1-2H3/t12-;/m1./s1. The zero-order chi connectivity index (χ0) is 30.1. The van der Waals surface area contributed by atoms with E-state index in [1.54, 1.807) is 39.8 Å². The van der Waals surface area contributed by atoms with E-state index < -0.39 is 31.2 Å². The number of nitrogens with one attached hydrogen (secondary N) is 1. The average Bonchev–Trinajstić information content (AvgIpc) is 3.55. The first-order valence-corrected chi connectivity index (χ1v) is 14.2. The van der Waals surface area contributed by atoms with Crippen molar-refractivity contribution in [1.29, 1.82) is 0 Å². The van der Waals surface area contributed by atoms with Crippen LogP contribution in [0.25, 0.3) is 22.3 Å². The zero-order valence-electron chi connectivity index (χ0n) is 22.5. The third-order valence-electron chi connectivity index (χ3n) is 6.57. The minimum atomic E-state index is -3.06. The molecule has 41 heavy (non-hydrogen) atoms. The Morgan fingerprint density at radius 1 is 0.878 bits per heavy atom. The second-order valence-corrected chi connectivity index (χ2v) is 11.8. The summed E-state index contributed by atoms with van der Waals surface area (Å²) >= 11 is 0. The second kappa shape index (κ2) is 11.4. The molecule has 0 bridgehead atoms. The van der Waals surface area contributed by atoms with Crippen LogP contribution < -0.4 is 5.32 Å². The Morgan fingerprint density at radius 2 is 1.39 bits per heavy atom. The molecule has 3 heterocycles. The van der Waals surface area contributed by atoms with Gasteiger partial charge in [0.1, 0.15) is 17.2 Å². The number of nitrogens with zero attached hydrogens (tertiary/aromatic N) is 4. The molecule has 5 rings (SSSR count). The van der Waals surface area contributed by atoms with Crippen molar-refractivity contribution in [2.75, 3.05) is 16.8 Å². The summed E-state index contributed by atoms with van der Waals surface area (Å²) in [6.07, 6.45) is 0.450. The van der Waals surface area contributed by atoms with E-state index in [0.29, 0.717) is 51.7 Å². The van der Waals surface area contributed by atoms with Crippen molar-refractivity contribution in [3.8, 4) is 22.3 Å². The molecule has 13 nitrogen and oxygen atoms in total. The molecule has 0 aliphatic carbocycles. The Kier molecular flexibility index (Phi) is 8.19. The molecule has 0 radical (unpaired) electrons. The van der Waals surface area contributed by atoms with Gasteiger partial charge in [-0.1, -0.05) is 22.4 Å². The summed E-state index contributed by atoms with van der Waals surface area (Å²) in [6, 6.07) is 8.21. The summed E-state index contributed by atoms with van der Waals surface area (Å²) in [4.78, 5) is 20.8. The first-order valence-electron chi connectivity index (χ1n) is 12.3. The van der Waals surface area contributed by atoms with Crippen LogP contribution in [0.15, 0.2) is 45.4 Å². The van der Waals surface area contributed by atoms with Gasteiger partial charge in [-0.25, -0.2) is 8.42 Å². The minimum Gasteiger partial charge on any atom is -0.376 e. The van der Waals surface area contributed by atoms with Crippen LogP contribution in [-0.2, 0) is 9.84 Å². The number of benzene rings is 2. The number of sulfone groups is 1. The third-order valence-corrected chi connectivity index (χ3v) is 8.34. The smallest absolute Gasteiger partial charge is 0.305 e. The number of rotatable bonds is 6. The van der Waals surface area contributed by atoms with E-state index in [1.807, 2.05) is 0 Å². The molecule has 1 saturated heterocycles. The quantitative estimate of drug-likeness (QED) is 0.223. The van der Waals surface area contributed by atoms with E-state index in [-0.39, 0.29) is 23.2 Å². The van der Waals surface area contributed by atoms with E-state index in [0.717, 1.165) is 11.6 Å². The van der Waals surface area contributed by atoms with Gasteiger partial charge < -0.3 is 14.4 Å². The number of nitro benzene ring substituents is 2. The normalized spacial score (nSPS) is 15.7. The molecular weight excluding hydrogens is 561 g/mol. The first-order chi connectivity index (χ1) is 19.3. The van der Waals surface area contributed by atoms with Gasteiger partial charge in [0.2, 0.25) is 5.82 Å². The highest BCUT2D eigenvalue weighted by molar-refractivity contribution is 7.91. The van der Waals surface area contributed by atoms with E-state index in [4.69, 9.17) is 9.05 Å². The summed E-state index contributed by atoms with van der Waals surface area (Å²) in [5, 5.41) is 32.7. The van der Waals surface area contributed by atoms with Gasteiger partial charge in [0.15, 0.2) is 9.84 Å². The molecular formula is C26H26FN5O8S. The predicted octanol–water partition coefficient (Wildman–Crippen LogP) is 5.47. The van der Waals surface area contributed by atoms with Gasteiger partial charge in [-0.2, -0.15) is 4.39 Å². The highest BCUT2D eigenvalue weighted by atomic mass is 32.2. The number of hydrogen-bond donors (Lipinski definition) is 1. The summed E-state index contributed by atoms with van der Waals surface area (Å²) < 4.78 is 46.3. The van der Waals surface area contributed by atoms with E-state index in [2.05, 4.69) is 15.6 Å². The summed E-state index contributed by atoms with van der Waals surface area (Å²) in [5.74, 6) is 0.379. The Bertz CT molecular complexity index is 1710. The fourth-order valence-corrected chi connectivity index (χ4v) is 6.36. The van der Waals surface area contributed by atoms with Crippen molar-refractivity contribution in [2.24, 2.45) is 0 Å². The maximum absolute atomic E-state index is 13.2. The van der Waals surface area contributed by atoms with Crippen LogP contribution in [0.4, 0.5) is 21.5 Å². The molecule has 15 heteroatoms. The molecule has 1 aliphatic rings. The largest absolute Gasteiger partial charge is 0.376 e. The molecule has 216 valence electrons. The Hall–Kier alpha value is -4.66. The first kappa shape index (κ1) is 29.3.